The summed E-state index contributed by atoms with van der Waals surface area (Å²) in [7, 11) is 0. The molecule has 0 aliphatic rings. The lowest BCUT2D eigenvalue weighted by Gasteiger charge is -2.05. The molecule has 0 unspecified atom stereocenters. The molecule has 4 nitrogen and oxygen atoms in total. The predicted molar refractivity (Wildman–Crippen MR) is 66.6 cm³/mol. The first-order valence-corrected chi connectivity index (χ1v) is 5.24. The Bertz CT molecular complexity index is 619. The van der Waals surface area contributed by atoms with Gasteiger partial charge in [0.1, 0.15) is 0 Å². The second kappa shape index (κ2) is 4.81. The molecule has 84 valence electrons. The van der Waals surface area contributed by atoms with Gasteiger partial charge in [0.2, 0.25) is 5.91 Å². The lowest BCUT2D eigenvalue weighted by Crippen LogP contribution is -2.12. The number of benzene rings is 1. The molecule has 17 heavy (non-hydrogen) atoms. The van der Waals surface area contributed by atoms with Gasteiger partial charge in [0.15, 0.2) is 11.0 Å². The molecule has 0 fully saturated rings. The van der Waals surface area contributed by atoms with Gasteiger partial charge in [-0.25, -0.2) is 9.97 Å². The second-order valence-electron chi connectivity index (χ2n) is 3.28. The van der Waals surface area contributed by atoms with Gasteiger partial charge >= 0.3 is 0 Å². The summed E-state index contributed by atoms with van der Waals surface area (Å²) in [6.45, 7) is 0. The Morgan fingerprint density at radius 3 is 2.65 bits per heavy atom. The minimum Gasteiger partial charge on any atom is -0.307 e. The molecule has 5 heteroatoms. The van der Waals surface area contributed by atoms with Crippen molar-refractivity contribution < 1.29 is 4.79 Å². The summed E-state index contributed by atoms with van der Waals surface area (Å²) in [5, 5.41) is 2.66. The normalized spacial score (nSPS) is 9.88. The van der Waals surface area contributed by atoms with Gasteiger partial charge in [-0.05, 0) is 12.1 Å². The van der Waals surface area contributed by atoms with Crippen molar-refractivity contribution in [3.05, 3.63) is 29.4 Å². The van der Waals surface area contributed by atoms with Crippen molar-refractivity contribution in [1.29, 1.82) is 0 Å². The van der Waals surface area contributed by atoms with Gasteiger partial charge in [-0.1, -0.05) is 29.7 Å². The van der Waals surface area contributed by atoms with E-state index in [1.54, 1.807) is 12.1 Å². The fourth-order valence-corrected chi connectivity index (χ4v) is 1.51. The van der Waals surface area contributed by atoms with E-state index >= 15 is 0 Å². The third kappa shape index (κ3) is 2.52. The molecule has 0 aliphatic carbocycles. The van der Waals surface area contributed by atoms with Gasteiger partial charge in [0.05, 0.1) is 17.5 Å². The number of carbonyl (C=O) groups excluding carboxylic acids is 1. The Labute approximate surface area is 103 Å². The van der Waals surface area contributed by atoms with E-state index in [2.05, 4.69) is 21.2 Å². The van der Waals surface area contributed by atoms with Gasteiger partial charge in [-0.2, -0.15) is 0 Å². The van der Waals surface area contributed by atoms with Crippen LogP contribution in [0.4, 0.5) is 5.82 Å². The summed E-state index contributed by atoms with van der Waals surface area (Å²) in [4.78, 5) is 19.6. The first-order chi connectivity index (χ1) is 8.20. The zero-order chi connectivity index (χ0) is 12.3. The van der Waals surface area contributed by atoms with Crippen LogP contribution in [-0.4, -0.2) is 15.9 Å². The fraction of sp³-hybridized carbons (Fsp3) is 0.0833. The molecule has 2 aromatic rings. The molecule has 0 atom stereocenters. The molecule has 1 heterocycles. The third-order valence-electron chi connectivity index (χ3n) is 2.05. The number of rotatable bonds is 2. The van der Waals surface area contributed by atoms with Crippen LogP contribution in [0.25, 0.3) is 11.0 Å². The molecule has 0 spiro atoms. The van der Waals surface area contributed by atoms with Crippen molar-refractivity contribution in [2.75, 3.05) is 5.32 Å². The molecule has 1 aromatic heterocycles. The van der Waals surface area contributed by atoms with E-state index in [-0.39, 0.29) is 23.3 Å². The van der Waals surface area contributed by atoms with E-state index in [0.717, 1.165) is 0 Å². The van der Waals surface area contributed by atoms with E-state index < -0.39 is 0 Å². The Hall–Kier alpha value is -2.12. The van der Waals surface area contributed by atoms with Crippen molar-refractivity contribution in [2.45, 2.75) is 6.42 Å². The summed E-state index contributed by atoms with van der Waals surface area (Å²) in [5.74, 6) is 2.13. The molecular weight excluding hydrogens is 238 g/mol. The maximum absolute atomic E-state index is 11.3. The number of halogens is 1. The summed E-state index contributed by atoms with van der Waals surface area (Å²) in [6.07, 6.45) is 5.01. The van der Waals surface area contributed by atoms with Crippen LogP contribution in [-0.2, 0) is 4.79 Å². The molecule has 0 radical (unpaired) electrons. The number of amides is 1. The Balaban J connectivity index is 2.38. The van der Waals surface area contributed by atoms with Crippen molar-refractivity contribution in [2.24, 2.45) is 0 Å². The average molecular weight is 246 g/mol. The number of para-hydroxylation sites is 2. The highest BCUT2D eigenvalue weighted by molar-refractivity contribution is 6.32. The molecule has 1 N–H and O–H groups in total. The Morgan fingerprint density at radius 2 is 2.00 bits per heavy atom. The van der Waals surface area contributed by atoms with Crippen LogP contribution in [0, 0.1) is 12.3 Å². The van der Waals surface area contributed by atoms with Crippen LogP contribution in [0.3, 0.4) is 0 Å². The molecule has 0 aliphatic heterocycles. The largest absolute Gasteiger partial charge is 0.307 e. The molecule has 1 amide bonds. The number of anilines is 1. The van der Waals surface area contributed by atoms with E-state index in [4.69, 9.17) is 18.0 Å². The van der Waals surface area contributed by atoms with Crippen LogP contribution in [0.2, 0.25) is 5.15 Å². The average Bonchev–Trinajstić information content (AvgIpc) is 2.30. The maximum atomic E-state index is 11.3. The maximum Gasteiger partial charge on any atom is 0.237 e. The monoisotopic (exact) mass is 245 g/mol. The van der Waals surface area contributed by atoms with E-state index in [9.17, 15) is 4.79 Å². The van der Waals surface area contributed by atoms with E-state index in [1.807, 2.05) is 12.1 Å². The van der Waals surface area contributed by atoms with Crippen molar-refractivity contribution >= 4 is 34.4 Å². The third-order valence-corrected chi connectivity index (χ3v) is 2.31. The lowest BCUT2D eigenvalue weighted by molar-refractivity contribution is -0.115. The number of carbonyl (C=O) groups is 1. The number of nitrogens with zero attached hydrogens (tertiary/aromatic N) is 2. The summed E-state index contributed by atoms with van der Waals surface area (Å²) < 4.78 is 0. The SMILES string of the molecule is C#CCC(=O)Nc1nc2ccccc2nc1Cl. The van der Waals surface area contributed by atoms with Crippen molar-refractivity contribution in [3.63, 3.8) is 0 Å². The minimum atomic E-state index is -0.334. The fourth-order valence-electron chi connectivity index (χ4n) is 1.33. The number of terminal acetylenes is 1. The van der Waals surface area contributed by atoms with E-state index in [0.29, 0.717) is 11.0 Å². The van der Waals surface area contributed by atoms with Crippen LogP contribution in [0.1, 0.15) is 6.42 Å². The molecule has 0 saturated heterocycles. The highest BCUT2D eigenvalue weighted by Crippen LogP contribution is 2.20. The van der Waals surface area contributed by atoms with Crippen LogP contribution in [0.15, 0.2) is 24.3 Å². The highest BCUT2D eigenvalue weighted by atomic mass is 35.5. The van der Waals surface area contributed by atoms with Crippen molar-refractivity contribution in [3.8, 4) is 12.3 Å². The quantitative estimate of drug-likeness (QED) is 0.826. The van der Waals surface area contributed by atoms with Crippen LogP contribution < -0.4 is 5.32 Å². The smallest absolute Gasteiger partial charge is 0.237 e. The molecular formula is C12H8ClN3O. The number of fused-ring (bicyclic) bond motifs is 1. The van der Waals surface area contributed by atoms with Crippen LogP contribution >= 0.6 is 11.6 Å². The van der Waals surface area contributed by atoms with Gasteiger partial charge in [-0.3, -0.25) is 4.79 Å². The zero-order valence-electron chi connectivity index (χ0n) is 8.77. The second-order valence-corrected chi connectivity index (χ2v) is 3.64. The number of aromatic nitrogens is 2. The first kappa shape index (κ1) is 11.4. The zero-order valence-corrected chi connectivity index (χ0v) is 9.53. The molecule has 2 rings (SSSR count). The molecule has 1 aromatic carbocycles. The van der Waals surface area contributed by atoms with Crippen molar-refractivity contribution in [1.82, 2.24) is 9.97 Å². The van der Waals surface area contributed by atoms with Crippen LogP contribution in [0.5, 0.6) is 0 Å². The topological polar surface area (TPSA) is 54.9 Å². The predicted octanol–water partition coefficient (Wildman–Crippen LogP) is 2.25. The van der Waals surface area contributed by atoms with Gasteiger partial charge in [-0.15, -0.1) is 6.42 Å². The van der Waals surface area contributed by atoms with Gasteiger partial charge in [0.25, 0.3) is 0 Å². The minimum absolute atomic E-state index is 0.0230. The molecule has 0 bridgehead atoms. The summed E-state index contributed by atoms with van der Waals surface area (Å²) >= 11 is 5.91. The Morgan fingerprint density at radius 1 is 1.35 bits per heavy atom. The summed E-state index contributed by atoms with van der Waals surface area (Å²) in [6, 6.07) is 7.25. The lowest BCUT2D eigenvalue weighted by atomic mass is 10.3. The standard InChI is InChI=1S/C12H8ClN3O/c1-2-5-10(17)16-12-11(13)14-8-6-3-4-7-9(8)15-12/h1,3-4,6-7H,5H2,(H,15,16,17). The highest BCUT2D eigenvalue weighted by Gasteiger charge is 2.09. The summed E-state index contributed by atoms with van der Waals surface area (Å²) in [5.41, 5.74) is 1.33. The van der Waals surface area contributed by atoms with E-state index in [1.165, 1.54) is 0 Å². The number of hydrogen-bond acceptors (Lipinski definition) is 3. The van der Waals surface area contributed by atoms with Gasteiger partial charge < -0.3 is 5.32 Å². The number of nitrogens with one attached hydrogen (secondary N) is 1. The Kier molecular flexibility index (Phi) is 3.22. The molecule has 0 saturated carbocycles. The van der Waals surface area contributed by atoms with Gasteiger partial charge in [0, 0.05) is 0 Å². The number of hydrogen-bond donors (Lipinski definition) is 1. The first-order valence-electron chi connectivity index (χ1n) is 4.86.